The van der Waals surface area contributed by atoms with Crippen molar-refractivity contribution in [2.45, 2.75) is 143 Å². The van der Waals surface area contributed by atoms with Crippen LogP contribution in [0.4, 0.5) is 9.59 Å². The first-order valence-corrected chi connectivity index (χ1v) is 20.0. The largest absolute Gasteiger partial charge is 0.449 e. The fraction of sp³-hybridized carbons (Fsp3) is 0.730. The van der Waals surface area contributed by atoms with Gasteiger partial charge in [0, 0.05) is 25.2 Å². The second-order valence-corrected chi connectivity index (χ2v) is 20.1. The van der Waals surface area contributed by atoms with Crippen LogP contribution in [-0.4, -0.2) is 81.0 Å². The molecule has 6 atom stereocenters. The van der Waals surface area contributed by atoms with Gasteiger partial charge < -0.3 is 29.9 Å². The molecule has 3 N–H and O–H groups in total. The van der Waals surface area contributed by atoms with Gasteiger partial charge in [-0.15, -0.1) is 0 Å². The van der Waals surface area contributed by atoms with Crippen molar-refractivity contribution in [1.29, 1.82) is 0 Å². The smallest absolute Gasteiger partial charge is 0.410 e. The van der Waals surface area contributed by atoms with Gasteiger partial charge in [-0.2, -0.15) is 0 Å². The molecule has 5 rings (SSSR count). The van der Waals surface area contributed by atoms with Gasteiger partial charge in [-0.1, -0.05) is 86.4 Å². The number of hydrogen-bond donors (Lipinski definition) is 3. The molecular formula is C37H57N4O8P. The maximum Gasteiger partial charge on any atom is 0.410 e. The summed E-state index contributed by atoms with van der Waals surface area (Å²) >= 11 is 0. The van der Waals surface area contributed by atoms with E-state index in [1.807, 2.05) is 39.8 Å². The predicted molar refractivity (Wildman–Crippen MR) is 189 cm³/mol. The van der Waals surface area contributed by atoms with Gasteiger partial charge in [0.25, 0.3) is 0 Å². The Bertz CT molecular complexity index is 1540. The van der Waals surface area contributed by atoms with E-state index in [1.54, 1.807) is 18.7 Å². The van der Waals surface area contributed by atoms with Crippen LogP contribution in [-0.2, 0) is 43.1 Å². The summed E-state index contributed by atoms with van der Waals surface area (Å²) in [6.45, 7) is 15.7. The number of alkyl carbamates (subject to hydrolysis) is 1. The van der Waals surface area contributed by atoms with Crippen LogP contribution in [0.25, 0.3) is 0 Å². The van der Waals surface area contributed by atoms with Gasteiger partial charge in [-0.25, -0.2) is 9.59 Å². The number of aryl methyl sites for hydroxylation is 1. The lowest BCUT2D eigenvalue weighted by Crippen LogP contribution is -2.58. The molecule has 1 aromatic carbocycles. The van der Waals surface area contributed by atoms with E-state index in [-0.39, 0.29) is 30.9 Å². The predicted octanol–water partition coefficient (Wildman–Crippen LogP) is 5.92. The second kappa shape index (κ2) is 14.1. The lowest BCUT2D eigenvalue weighted by molar-refractivity contribution is -0.142. The number of nitrogens with zero attached hydrogens (tertiary/aromatic N) is 2. The molecule has 0 spiro atoms. The quantitative estimate of drug-likeness (QED) is 0.317. The average Bonchev–Trinajstić information content (AvgIpc) is 3.35. The monoisotopic (exact) mass is 716 g/mol. The van der Waals surface area contributed by atoms with Crippen molar-refractivity contribution >= 4 is 31.4 Å². The lowest BCUT2D eigenvalue weighted by Gasteiger charge is -2.36. The Balaban J connectivity index is 1.46. The zero-order chi connectivity index (χ0) is 36.8. The Morgan fingerprint density at radius 1 is 1.14 bits per heavy atom. The Hall–Kier alpha value is -3.11. The molecule has 3 aliphatic heterocycles. The number of hydrogen-bond acceptors (Lipinski definition) is 7. The van der Waals surface area contributed by atoms with Crippen molar-refractivity contribution in [3.8, 4) is 0 Å². The zero-order valence-electron chi connectivity index (χ0n) is 31.0. The summed E-state index contributed by atoms with van der Waals surface area (Å²) in [5.41, 5.74) is 1.77. The molecule has 1 saturated heterocycles. The highest BCUT2D eigenvalue weighted by Crippen LogP contribution is 2.72. The minimum absolute atomic E-state index is 0.00906. The first-order valence-electron chi connectivity index (χ1n) is 18.2. The van der Waals surface area contributed by atoms with E-state index in [2.05, 4.69) is 30.5 Å². The van der Waals surface area contributed by atoms with Gasteiger partial charge in [0.15, 0.2) is 0 Å². The van der Waals surface area contributed by atoms with Crippen molar-refractivity contribution in [2.75, 3.05) is 13.2 Å². The molecule has 50 heavy (non-hydrogen) atoms. The van der Waals surface area contributed by atoms with Crippen LogP contribution in [0.1, 0.15) is 111 Å². The van der Waals surface area contributed by atoms with Gasteiger partial charge in [-0.05, 0) is 59.1 Å². The van der Waals surface area contributed by atoms with Crippen molar-refractivity contribution in [3.63, 3.8) is 0 Å². The first kappa shape index (κ1) is 38.1. The zero-order valence-corrected chi connectivity index (χ0v) is 31.9. The molecule has 0 radical (unpaired) electrons. The third-order valence-electron chi connectivity index (χ3n) is 11.2. The standard InChI is InChI=1S/C37H57N4O8P/c1-9-26-18-37(26,50(46,47)23(2)3)39-31(42)29-17-27-20-41(29)32(43)30(35(4,5)6)38-33(44)48-22-36(7,8)16-11-10-13-24-14-12-15-25-19-40(21-28(24)25)34(45)49-27/h12,14-15,23,26-27,29-30H,9-11,13,16-22H2,1-8H3,(H,38,44)(H,39,42)(H,46,47)/t26-,27+,29-,30+,37+/m0/s1. The molecule has 4 amide bonds. The van der Waals surface area contributed by atoms with Crippen LogP contribution >= 0.6 is 7.37 Å². The number of fused-ring (bicyclic) bond motifs is 3. The van der Waals surface area contributed by atoms with E-state index in [4.69, 9.17) is 9.47 Å². The Kier molecular flexibility index (Phi) is 10.8. The fourth-order valence-corrected chi connectivity index (χ4v) is 10.2. The third kappa shape index (κ3) is 7.71. The molecule has 0 aromatic heterocycles. The highest BCUT2D eigenvalue weighted by Gasteiger charge is 2.67. The summed E-state index contributed by atoms with van der Waals surface area (Å²) in [5.74, 6) is -1.27. The topological polar surface area (TPSA) is 155 Å². The first-order chi connectivity index (χ1) is 23.3. The SMILES string of the molecule is CC[C@H]1C[C@@]1(NC(=O)[C@@H]1C[C@@H]2CN1C(=O)[C@H](C(C)(C)C)NC(=O)OCC(C)(C)CCCCc1cccc3c1CN(C3)C(=O)O2)P(=O)(O)C(C)C. The fourth-order valence-electron chi connectivity index (χ4n) is 7.85. The minimum Gasteiger partial charge on any atom is -0.449 e. The number of ether oxygens (including phenoxy) is 2. The van der Waals surface area contributed by atoms with Crippen molar-refractivity contribution in [1.82, 2.24) is 20.4 Å². The number of nitrogens with one attached hydrogen (secondary N) is 2. The third-order valence-corrected chi connectivity index (χ3v) is 14.4. The van der Waals surface area contributed by atoms with Crippen LogP contribution in [0.15, 0.2) is 18.2 Å². The summed E-state index contributed by atoms with van der Waals surface area (Å²) in [5, 5.41) is 4.43. The van der Waals surface area contributed by atoms with Gasteiger partial charge in [0.2, 0.25) is 19.2 Å². The molecule has 4 aliphatic rings. The van der Waals surface area contributed by atoms with Gasteiger partial charge in [0.1, 0.15) is 23.5 Å². The van der Waals surface area contributed by atoms with Crippen molar-refractivity contribution in [2.24, 2.45) is 16.7 Å². The molecule has 1 saturated carbocycles. The van der Waals surface area contributed by atoms with E-state index in [0.29, 0.717) is 25.9 Å². The molecule has 4 bridgehead atoms. The molecular weight excluding hydrogens is 659 g/mol. The van der Waals surface area contributed by atoms with E-state index >= 15 is 0 Å². The highest BCUT2D eigenvalue weighted by atomic mass is 31.2. The van der Waals surface area contributed by atoms with Crippen LogP contribution in [0.2, 0.25) is 0 Å². The van der Waals surface area contributed by atoms with Crippen LogP contribution in [0, 0.1) is 16.7 Å². The number of rotatable bonds is 5. The summed E-state index contributed by atoms with van der Waals surface area (Å²) in [7, 11) is -3.84. The molecule has 12 nitrogen and oxygen atoms in total. The van der Waals surface area contributed by atoms with E-state index in [9.17, 15) is 28.6 Å². The Morgan fingerprint density at radius 3 is 2.48 bits per heavy atom. The number of amides is 4. The molecule has 278 valence electrons. The molecule has 13 heteroatoms. The number of carbonyl (C=O) groups excluding carboxylic acids is 4. The van der Waals surface area contributed by atoms with Crippen LogP contribution in [0.5, 0.6) is 0 Å². The molecule has 1 aromatic rings. The van der Waals surface area contributed by atoms with Crippen LogP contribution < -0.4 is 10.6 Å². The van der Waals surface area contributed by atoms with E-state index in [1.165, 1.54) is 10.5 Å². The summed E-state index contributed by atoms with van der Waals surface area (Å²) < 4.78 is 25.4. The highest BCUT2D eigenvalue weighted by molar-refractivity contribution is 7.60. The van der Waals surface area contributed by atoms with E-state index < -0.39 is 65.9 Å². The summed E-state index contributed by atoms with van der Waals surface area (Å²) in [4.78, 5) is 69.7. The maximum atomic E-state index is 14.5. The molecule has 2 fully saturated rings. The molecule has 3 heterocycles. The minimum atomic E-state index is -3.84. The Labute approximate surface area is 296 Å². The number of carbonyl (C=O) groups is 4. The van der Waals surface area contributed by atoms with Gasteiger partial charge in [-0.3, -0.25) is 19.1 Å². The second-order valence-electron chi connectivity index (χ2n) is 17.0. The molecule has 1 unspecified atom stereocenters. The van der Waals surface area contributed by atoms with Crippen molar-refractivity contribution in [3.05, 3.63) is 34.9 Å². The van der Waals surface area contributed by atoms with Gasteiger partial charge >= 0.3 is 12.2 Å². The maximum absolute atomic E-state index is 14.5. The normalized spacial score (nSPS) is 30.2. The van der Waals surface area contributed by atoms with Gasteiger partial charge in [0.05, 0.1) is 13.2 Å². The summed E-state index contributed by atoms with van der Waals surface area (Å²) in [6.07, 6.45) is 2.49. The average molecular weight is 717 g/mol. The van der Waals surface area contributed by atoms with E-state index in [0.717, 1.165) is 36.8 Å². The van der Waals surface area contributed by atoms with Crippen molar-refractivity contribution < 1.29 is 38.1 Å². The summed E-state index contributed by atoms with van der Waals surface area (Å²) in [6, 6.07) is 3.99. The lowest BCUT2D eigenvalue weighted by atomic mass is 9.85. The molecule has 1 aliphatic carbocycles. The Morgan fingerprint density at radius 2 is 1.84 bits per heavy atom. The number of benzene rings is 1. The number of cyclic esters (lactones) is 1. The van der Waals surface area contributed by atoms with Crippen LogP contribution in [0.3, 0.4) is 0 Å².